The standard InChI is InChI=1S/C17H29N3/c1-4-10-18-17-15(8-7-11-19-17)16-9-5-6-12-20(16)13-14(2)3/h7-8,11,14,16H,4-6,9-10,12-13H2,1-3H3,(H,18,19)/t16-/m1/s1. The summed E-state index contributed by atoms with van der Waals surface area (Å²) in [6, 6.07) is 4.88. The Bertz CT molecular complexity index is 403. The molecule has 112 valence electrons. The van der Waals surface area contributed by atoms with E-state index in [1.165, 1.54) is 37.9 Å². The van der Waals surface area contributed by atoms with Crippen LogP contribution in [0.2, 0.25) is 0 Å². The van der Waals surface area contributed by atoms with E-state index in [0.29, 0.717) is 6.04 Å². The molecule has 2 rings (SSSR count). The summed E-state index contributed by atoms with van der Waals surface area (Å²) in [5.74, 6) is 1.81. The maximum absolute atomic E-state index is 4.57. The molecule has 0 saturated carbocycles. The smallest absolute Gasteiger partial charge is 0.130 e. The molecule has 0 spiro atoms. The molecular weight excluding hydrogens is 246 g/mol. The number of hydrogen-bond acceptors (Lipinski definition) is 3. The first-order valence-corrected chi connectivity index (χ1v) is 8.15. The van der Waals surface area contributed by atoms with Crippen molar-refractivity contribution in [1.29, 1.82) is 0 Å². The third-order valence-electron chi connectivity index (χ3n) is 3.95. The average Bonchev–Trinajstić information content (AvgIpc) is 2.45. The predicted octanol–water partition coefficient (Wildman–Crippen LogP) is 4.09. The second-order valence-corrected chi connectivity index (χ2v) is 6.27. The van der Waals surface area contributed by atoms with Crippen molar-refractivity contribution in [2.45, 2.75) is 52.5 Å². The summed E-state index contributed by atoms with van der Waals surface area (Å²) >= 11 is 0. The van der Waals surface area contributed by atoms with E-state index in [2.05, 4.69) is 48.1 Å². The molecule has 0 aliphatic carbocycles. The fourth-order valence-corrected chi connectivity index (χ4v) is 3.11. The van der Waals surface area contributed by atoms with Crippen LogP contribution in [-0.4, -0.2) is 29.5 Å². The quantitative estimate of drug-likeness (QED) is 0.847. The van der Waals surface area contributed by atoms with Crippen molar-refractivity contribution < 1.29 is 0 Å². The topological polar surface area (TPSA) is 28.2 Å². The molecule has 1 aromatic heterocycles. The number of rotatable bonds is 6. The van der Waals surface area contributed by atoms with Crippen molar-refractivity contribution in [3.05, 3.63) is 23.9 Å². The zero-order chi connectivity index (χ0) is 14.4. The molecule has 1 aliphatic heterocycles. The molecule has 1 N–H and O–H groups in total. The maximum atomic E-state index is 4.57. The highest BCUT2D eigenvalue weighted by Crippen LogP contribution is 2.34. The van der Waals surface area contributed by atoms with E-state index in [4.69, 9.17) is 0 Å². The molecule has 0 unspecified atom stereocenters. The lowest BCUT2D eigenvalue weighted by molar-refractivity contribution is 0.132. The van der Waals surface area contributed by atoms with Gasteiger partial charge in [-0.1, -0.05) is 33.3 Å². The number of piperidine rings is 1. The van der Waals surface area contributed by atoms with Crippen molar-refractivity contribution in [2.75, 3.05) is 25.0 Å². The summed E-state index contributed by atoms with van der Waals surface area (Å²) in [5.41, 5.74) is 1.39. The van der Waals surface area contributed by atoms with Crippen molar-refractivity contribution in [2.24, 2.45) is 5.92 Å². The van der Waals surface area contributed by atoms with Crippen molar-refractivity contribution >= 4 is 5.82 Å². The third-order valence-corrected chi connectivity index (χ3v) is 3.95. The highest BCUT2D eigenvalue weighted by molar-refractivity contribution is 5.45. The lowest BCUT2D eigenvalue weighted by Gasteiger charge is -2.37. The van der Waals surface area contributed by atoms with Gasteiger partial charge in [0.05, 0.1) is 0 Å². The Morgan fingerprint density at radius 2 is 2.25 bits per heavy atom. The Morgan fingerprint density at radius 3 is 3.00 bits per heavy atom. The Labute approximate surface area is 123 Å². The van der Waals surface area contributed by atoms with Crippen molar-refractivity contribution in [1.82, 2.24) is 9.88 Å². The van der Waals surface area contributed by atoms with Crippen LogP contribution in [0.3, 0.4) is 0 Å². The monoisotopic (exact) mass is 275 g/mol. The minimum Gasteiger partial charge on any atom is -0.370 e. The fourth-order valence-electron chi connectivity index (χ4n) is 3.11. The van der Waals surface area contributed by atoms with Crippen LogP contribution in [0, 0.1) is 5.92 Å². The van der Waals surface area contributed by atoms with Crippen molar-refractivity contribution in [3.8, 4) is 0 Å². The summed E-state index contributed by atoms with van der Waals surface area (Å²) < 4.78 is 0. The van der Waals surface area contributed by atoms with E-state index in [1.807, 2.05) is 6.20 Å². The molecular formula is C17H29N3. The molecule has 1 saturated heterocycles. The van der Waals surface area contributed by atoms with E-state index >= 15 is 0 Å². The highest BCUT2D eigenvalue weighted by atomic mass is 15.2. The Kier molecular flexibility index (Phi) is 5.84. The summed E-state index contributed by atoms with van der Waals surface area (Å²) in [6.45, 7) is 10.2. The fraction of sp³-hybridized carbons (Fsp3) is 0.706. The van der Waals surface area contributed by atoms with Crippen LogP contribution in [0.1, 0.15) is 58.1 Å². The lowest BCUT2D eigenvalue weighted by Crippen LogP contribution is -2.36. The van der Waals surface area contributed by atoms with Crippen LogP contribution in [0.25, 0.3) is 0 Å². The maximum Gasteiger partial charge on any atom is 0.130 e. The van der Waals surface area contributed by atoms with Gasteiger partial charge in [-0.05, 0) is 37.8 Å². The van der Waals surface area contributed by atoms with Crippen LogP contribution < -0.4 is 5.32 Å². The first kappa shape index (κ1) is 15.3. The second-order valence-electron chi connectivity index (χ2n) is 6.27. The zero-order valence-corrected chi connectivity index (χ0v) is 13.2. The predicted molar refractivity (Wildman–Crippen MR) is 86.0 cm³/mol. The third kappa shape index (κ3) is 3.95. The number of nitrogens with one attached hydrogen (secondary N) is 1. The van der Waals surface area contributed by atoms with Gasteiger partial charge in [-0.3, -0.25) is 4.90 Å². The number of nitrogens with zero attached hydrogens (tertiary/aromatic N) is 2. The molecule has 2 heterocycles. The Hall–Kier alpha value is -1.09. The molecule has 0 amide bonds. The Morgan fingerprint density at radius 1 is 1.40 bits per heavy atom. The van der Waals surface area contributed by atoms with Crippen LogP contribution >= 0.6 is 0 Å². The molecule has 20 heavy (non-hydrogen) atoms. The summed E-state index contributed by atoms with van der Waals surface area (Å²) in [7, 11) is 0. The van der Waals surface area contributed by atoms with E-state index in [0.717, 1.165) is 24.7 Å². The van der Waals surface area contributed by atoms with Crippen LogP contribution in [0.15, 0.2) is 18.3 Å². The molecule has 0 aromatic carbocycles. The van der Waals surface area contributed by atoms with Gasteiger partial charge in [0, 0.05) is 30.9 Å². The van der Waals surface area contributed by atoms with Crippen LogP contribution in [-0.2, 0) is 0 Å². The summed E-state index contributed by atoms with van der Waals surface area (Å²) in [4.78, 5) is 7.22. The number of pyridine rings is 1. The number of anilines is 1. The van der Waals surface area contributed by atoms with E-state index < -0.39 is 0 Å². The number of aromatic nitrogens is 1. The highest BCUT2D eigenvalue weighted by Gasteiger charge is 2.26. The molecule has 0 bridgehead atoms. The van der Waals surface area contributed by atoms with Gasteiger partial charge in [-0.25, -0.2) is 4.98 Å². The van der Waals surface area contributed by atoms with Crippen molar-refractivity contribution in [3.63, 3.8) is 0 Å². The van der Waals surface area contributed by atoms with E-state index in [1.54, 1.807) is 0 Å². The molecule has 1 aromatic rings. The van der Waals surface area contributed by atoms with Gasteiger partial charge in [-0.15, -0.1) is 0 Å². The molecule has 0 radical (unpaired) electrons. The SMILES string of the molecule is CCCNc1ncccc1[C@H]1CCCCN1CC(C)C. The molecule has 3 nitrogen and oxygen atoms in total. The molecule has 1 fully saturated rings. The first-order valence-electron chi connectivity index (χ1n) is 8.15. The van der Waals surface area contributed by atoms with Gasteiger partial charge in [-0.2, -0.15) is 0 Å². The second kappa shape index (κ2) is 7.63. The minimum atomic E-state index is 0.541. The molecule has 3 heteroatoms. The first-order chi connectivity index (χ1) is 9.72. The lowest BCUT2D eigenvalue weighted by atomic mass is 9.94. The molecule has 1 atom stereocenters. The van der Waals surface area contributed by atoms with Gasteiger partial charge in [0.15, 0.2) is 0 Å². The van der Waals surface area contributed by atoms with Crippen LogP contribution in [0.5, 0.6) is 0 Å². The summed E-state index contributed by atoms with van der Waals surface area (Å²) in [6.07, 6.45) is 6.97. The van der Waals surface area contributed by atoms with E-state index in [-0.39, 0.29) is 0 Å². The van der Waals surface area contributed by atoms with Gasteiger partial charge < -0.3 is 5.32 Å². The van der Waals surface area contributed by atoms with Crippen LogP contribution in [0.4, 0.5) is 5.82 Å². The number of likely N-dealkylation sites (tertiary alicyclic amines) is 1. The van der Waals surface area contributed by atoms with Gasteiger partial charge >= 0.3 is 0 Å². The Balaban J connectivity index is 2.18. The summed E-state index contributed by atoms with van der Waals surface area (Å²) in [5, 5.41) is 3.50. The number of hydrogen-bond donors (Lipinski definition) is 1. The largest absolute Gasteiger partial charge is 0.370 e. The molecule has 1 aliphatic rings. The van der Waals surface area contributed by atoms with Gasteiger partial charge in [0.25, 0.3) is 0 Å². The zero-order valence-electron chi connectivity index (χ0n) is 13.2. The normalized spacial score (nSPS) is 20.3. The van der Waals surface area contributed by atoms with Gasteiger partial charge in [0.2, 0.25) is 0 Å². The van der Waals surface area contributed by atoms with Gasteiger partial charge in [0.1, 0.15) is 5.82 Å². The van der Waals surface area contributed by atoms with E-state index in [9.17, 15) is 0 Å². The average molecular weight is 275 g/mol. The minimum absolute atomic E-state index is 0.541.